The monoisotopic (exact) mass is 637 g/mol. The average Bonchev–Trinajstić information content (AvgIpc) is 3.17. The van der Waals surface area contributed by atoms with Gasteiger partial charge in [0.05, 0.1) is 5.56 Å². The predicted octanol–water partition coefficient (Wildman–Crippen LogP) is 4.68. The summed E-state index contributed by atoms with van der Waals surface area (Å²) in [7, 11) is -4.20. The maximum atomic E-state index is 14.1. The number of sulfonamides is 1. The highest BCUT2D eigenvalue weighted by Gasteiger charge is 2.43. The van der Waals surface area contributed by atoms with Crippen LogP contribution < -0.4 is 5.32 Å². The lowest BCUT2D eigenvalue weighted by atomic mass is 9.94. The maximum Gasteiger partial charge on any atom is 0.269 e. The number of nitrogens with one attached hydrogen (secondary N) is 1. The molecule has 1 saturated carbocycles. The van der Waals surface area contributed by atoms with Gasteiger partial charge < -0.3 is 10.2 Å². The minimum atomic E-state index is -4.20. The minimum absolute atomic E-state index is 0.0224. The third-order valence-corrected chi connectivity index (χ3v) is 10.00. The molecule has 3 amide bonds. The molecule has 1 aliphatic heterocycles. The smallest absolute Gasteiger partial charge is 0.269 e. The third kappa shape index (κ3) is 6.54. The SMILES string of the molecule is O=C(NC1CCCCC1)[C@@H](Cc1ccccc1)N(Cc1ccc(Br)cc1)C(=O)CN1C(=O)c2ccccc2S1(=O)=O. The zero-order valence-corrected chi connectivity index (χ0v) is 24.9. The molecule has 1 heterocycles. The summed E-state index contributed by atoms with van der Waals surface area (Å²) in [5, 5.41) is 3.16. The van der Waals surface area contributed by atoms with Crippen molar-refractivity contribution in [3.8, 4) is 0 Å². The first-order chi connectivity index (χ1) is 19.7. The van der Waals surface area contributed by atoms with Crippen molar-refractivity contribution in [1.82, 2.24) is 14.5 Å². The zero-order chi connectivity index (χ0) is 29.0. The molecule has 3 aromatic rings. The molecule has 0 spiro atoms. The summed E-state index contributed by atoms with van der Waals surface area (Å²) >= 11 is 3.43. The van der Waals surface area contributed by atoms with Crippen LogP contribution in [0.5, 0.6) is 0 Å². The van der Waals surface area contributed by atoms with Crippen molar-refractivity contribution in [3.05, 3.63) is 100 Å². The molecule has 1 atom stereocenters. The highest BCUT2D eigenvalue weighted by molar-refractivity contribution is 9.10. The van der Waals surface area contributed by atoms with E-state index in [1.54, 1.807) is 12.1 Å². The van der Waals surface area contributed by atoms with Crippen LogP contribution in [-0.4, -0.2) is 54.0 Å². The predicted molar refractivity (Wildman–Crippen MR) is 158 cm³/mol. The van der Waals surface area contributed by atoms with Gasteiger partial charge in [0.1, 0.15) is 17.5 Å². The second-order valence-corrected chi connectivity index (χ2v) is 13.3. The van der Waals surface area contributed by atoms with E-state index in [1.807, 2.05) is 54.6 Å². The Hall–Kier alpha value is -3.50. The lowest BCUT2D eigenvalue weighted by Gasteiger charge is -2.34. The molecular weight excluding hydrogens is 606 g/mol. The molecule has 0 radical (unpaired) electrons. The standard InChI is InChI=1S/C31H32BrN3O5S/c32-24-17-15-23(16-18-24)20-34(29(36)21-35-31(38)26-13-7-8-14-28(26)41(35,39)40)27(19-22-9-3-1-4-10-22)30(37)33-25-11-5-2-6-12-25/h1,3-4,7-10,13-18,25,27H,2,5-6,11-12,19-21H2,(H,33,37)/t27-/m1/s1. The molecular formula is C31H32BrN3O5S. The Balaban J connectivity index is 1.48. The van der Waals surface area contributed by atoms with Crippen LogP contribution in [0.15, 0.2) is 88.2 Å². The van der Waals surface area contributed by atoms with Gasteiger partial charge >= 0.3 is 0 Å². The number of nitrogens with zero attached hydrogens (tertiary/aromatic N) is 2. The van der Waals surface area contributed by atoms with Gasteiger partial charge in [-0.05, 0) is 48.2 Å². The molecule has 0 bridgehead atoms. The van der Waals surface area contributed by atoms with E-state index in [-0.39, 0.29) is 35.4 Å². The highest BCUT2D eigenvalue weighted by atomic mass is 79.9. The third-order valence-electron chi connectivity index (χ3n) is 7.68. The summed E-state index contributed by atoms with van der Waals surface area (Å²) in [6, 6.07) is 21.8. The van der Waals surface area contributed by atoms with E-state index >= 15 is 0 Å². The minimum Gasteiger partial charge on any atom is -0.352 e. The molecule has 1 aliphatic carbocycles. The number of carbonyl (C=O) groups excluding carboxylic acids is 3. The molecule has 1 N–H and O–H groups in total. The Morgan fingerprint density at radius 3 is 2.24 bits per heavy atom. The molecule has 1 fully saturated rings. The largest absolute Gasteiger partial charge is 0.352 e. The number of rotatable bonds is 9. The van der Waals surface area contributed by atoms with Crippen LogP contribution in [0, 0.1) is 0 Å². The summed E-state index contributed by atoms with van der Waals surface area (Å²) in [6.45, 7) is -0.634. The van der Waals surface area contributed by atoms with Crippen molar-refractivity contribution in [1.29, 1.82) is 0 Å². The van der Waals surface area contributed by atoms with Gasteiger partial charge in [-0.1, -0.05) is 89.8 Å². The van der Waals surface area contributed by atoms with E-state index < -0.39 is 34.4 Å². The fourth-order valence-corrected chi connectivity index (χ4v) is 7.27. The number of carbonyl (C=O) groups is 3. The lowest BCUT2D eigenvalue weighted by molar-refractivity contribution is -0.141. The number of hydrogen-bond acceptors (Lipinski definition) is 5. The van der Waals surface area contributed by atoms with Crippen LogP contribution in [0.4, 0.5) is 0 Å². The Morgan fingerprint density at radius 1 is 0.902 bits per heavy atom. The van der Waals surface area contributed by atoms with Gasteiger partial charge in [-0.25, -0.2) is 12.7 Å². The summed E-state index contributed by atoms with van der Waals surface area (Å²) < 4.78 is 28.0. The molecule has 41 heavy (non-hydrogen) atoms. The van der Waals surface area contributed by atoms with Crippen molar-refractivity contribution < 1.29 is 22.8 Å². The van der Waals surface area contributed by atoms with Crippen LogP contribution in [0.3, 0.4) is 0 Å². The van der Waals surface area contributed by atoms with Crippen LogP contribution in [0.2, 0.25) is 0 Å². The van der Waals surface area contributed by atoms with Crippen molar-refractivity contribution >= 4 is 43.7 Å². The summed E-state index contributed by atoms with van der Waals surface area (Å²) in [5.74, 6) is -1.66. The first-order valence-electron chi connectivity index (χ1n) is 13.8. The van der Waals surface area contributed by atoms with Crippen molar-refractivity contribution in [2.45, 2.75) is 62.0 Å². The van der Waals surface area contributed by atoms with Crippen LogP contribution >= 0.6 is 15.9 Å². The van der Waals surface area contributed by atoms with E-state index in [0.29, 0.717) is 4.31 Å². The zero-order valence-electron chi connectivity index (χ0n) is 22.5. The van der Waals surface area contributed by atoms with Crippen LogP contribution in [-0.2, 0) is 32.6 Å². The number of amides is 3. The topological polar surface area (TPSA) is 104 Å². The van der Waals surface area contributed by atoms with Crippen molar-refractivity contribution in [2.24, 2.45) is 0 Å². The first-order valence-corrected chi connectivity index (χ1v) is 16.0. The number of halogens is 1. The Morgan fingerprint density at radius 2 is 1.56 bits per heavy atom. The van der Waals surface area contributed by atoms with Gasteiger partial charge in [0.15, 0.2) is 0 Å². The molecule has 0 aromatic heterocycles. The van der Waals surface area contributed by atoms with Crippen LogP contribution in [0.25, 0.3) is 0 Å². The second kappa shape index (κ2) is 12.6. The molecule has 8 nitrogen and oxygen atoms in total. The normalized spacial score (nSPS) is 17.1. The lowest BCUT2D eigenvalue weighted by Crippen LogP contribution is -2.55. The summed E-state index contributed by atoms with van der Waals surface area (Å²) in [6.07, 6.45) is 5.19. The second-order valence-electron chi connectivity index (χ2n) is 10.5. The first kappa shape index (κ1) is 29.0. The Kier molecular flexibility index (Phi) is 8.89. The molecule has 2 aliphatic rings. The van der Waals surface area contributed by atoms with E-state index in [9.17, 15) is 22.8 Å². The van der Waals surface area contributed by atoms with Gasteiger partial charge in [0.2, 0.25) is 11.8 Å². The quantitative estimate of drug-likeness (QED) is 0.367. The molecule has 10 heteroatoms. The van der Waals surface area contributed by atoms with Crippen molar-refractivity contribution in [3.63, 3.8) is 0 Å². The molecule has 214 valence electrons. The molecule has 0 saturated heterocycles. The number of hydrogen-bond donors (Lipinski definition) is 1. The van der Waals surface area contributed by atoms with Gasteiger partial charge in [0, 0.05) is 23.5 Å². The average molecular weight is 639 g/mol. The van der Waals surface area contributed by atoms with Gasteiger partial charge in [0.25, 0.3) is 15.9 Å². The fourth-order valence-electron chi connectivity index (χ4n) is 5.49. The van der Waals surface area contributed by atoms with E-state index in [2.05, 4.69) is 21.2 Å². The molecule has 0 unspecified atom stereocenters. The van der Waals surface area contributed by atoms with E-state index in [4.69, 9.17) is 0 Å². The van der Waals surface area contributed by atoms with Crippen LogP contribution in [0.1, 0.15) is 53.6 Å². The van der Waals surface area contributed by atoms with Gasteiger partial charge in [-0.3, -0.25) is 14.4 Å². The van der Waals surface area contributed by atoms with E-state index in [0.717, 1.165) is 47.7 Å². The summed E-state index contributed by atoms with van der Waals surface area (Å²) in [4.78, 5) is 42.4. The highest BCUT2D eigenvalue weighted by Crippen LogP contribution is 2.30. The Labute approximate surface area is 248 Å². The maximum absolute atomic E-state index is 14.1. The number of fused-ring (bicyclic) bond motifs is 1. The van der Waals surface area contributed by atoms with Crippen molar-refractivity contribution in [2.75, 3.05) is 6.54 Å². The number of benzene rings is 3. The Bertz CT molecular complexity index is 1520. The van der Waals surface area contributed by atoms with Gasteiger partial charge in [-0.15, -0.1) is 0 Å². The summed E-state index contributed by atoms with van der Waals surface area (Å²) in [5.41, 5.74) is 1.67. The molecule has 5 rings (SSSR count). The van der Waals surface area contributed by atoms with E-state index in [1.165, 1.54) is 17.0 Å². The molecule has 3 aromatic carbocycles. The van der Waals surface area contributed by atoms with Gasteiger partial charge in [-0.2, -0.15) is 0 Å². The fraction of sp³-hybridized carbons (Fsp3) is 0.323.